The number of hydrogen-bond donors (Lipinski definition) is 1. The first-order valence-electron chi connectivity index (χ1n) is 7.55. The van der Waals surface area contributed by atoms with Gasteiger partial charge in [-0.3, -0.25) is 4.90 Å². The van der Waals surface area contributed by atoms with E-state index >= 15 is 0 Å². The fourth-order valence-electron chi connectivity index (χ4n) is 2.92. The molecule has 1 aliphatic carbocycles. The maximum absolute atomic E-state index is 5.71. The van der Waals surface area contributed by atoms with Crippen LogP contribution in [0.15, 0.2) is 18.2 Å². The third-order valence-electron chi connectivity index (χ3n) is 4.62. The lowest BCUT2D eigenvalue weighted by atomic mass is 9.90. The second kappa shape index (κ2) is 6.06. The minimum Gasteiger partial charge on any atom is -0.330 e. The average Bonchev–Trinajstić information content (AvgIpc) is 2.38. The number of benzene rings is 1. The molecule has 0 unspecified atom stereocenters. The van der Waals surface area contributed by atoms with Crippen LogP contribution in [0.5, 0.6) is 0 Å². The second-order valence-electron chi connectivity index (χ2n) is 6.52. The molecule has 0 bridgehead atoms. The summed E-state index contributed by atoms with van der Waals surface area (Å²) in [6.07, 6.45) is 6.28. The van der Waals surface area contributed by atoms with Gasteiger partial charge in [0.1, 0.15) is 0 Å². The first-order valence-corrected chi connectivity index (χ1v) is 7.55. The van der Waals surface area contributed by atoms with Crippen LogP contribution in [0.1, 0.15) is 49.8 Å². The van der Waals surface area contributed by atoms with Crippen LogP contribution in [0.3, 0.4) is 0 Å². The third-order valence-corrected chi connectivity index (χ3v) is 4.62. The van der Waals surface area contributed by atoms with Crippen LogP contribution < -0.4 is 5.73 Å². The van der Waals surface area contributed by atoms with E-state index in [-0.39, 0.29) is 5.54 Å². The Bertz CT molecular complexity index is 423. The maximum atomic E-state index is 5.71. The fraction of sp³-hybridized carbons (Fsp3) is 0.647. The van der Waals surface area contributed by atoms with Gasteiger partial charge in [-0.05, 0) is 76.2 Å². The van der Waals surface area contributed by atoms with Gasteiger partial charge in [0.15, 0.2) is 0 Å². The number of nitrogens with zero attached hydrogens (tertiary/aromatic N) is 1. The minimum absolute atomic E-state index is 0.171. The lowest BCUT2D eigenvalue weighted by Crippen LogP contribution is -2.42. The molecule has 0 saturated carbocycles. The van der Waals surface area contributed by atoms with Crippen molar-refractivity contribution in [3.05, 3.63) is 34.9 Å². The summed E-state index contributed by atoms with van der Waals surface area (Å²) in [6, 6.07) is 7.07. The summed E-state index contributed by atoms with van der Waals surface area (Å²) in [6.45, 7) is 6.32. The SMILES string of the molecule is CN(Cc1ccc2c(c1)CCCC2)C(C)(C)CCN. The van der Waals surface area contributed by atoms with Gasteiger partial charge in [-0.2, -0.15) is 0 Å². The molecule has 0 aliphatic heterocycles. The van der Waals surface area contributed by atoms with Crippen LogP contribution >= 0.6 is 0 Å². The highest BCUT2D eigenvalue weighted by atomic mass is 15.2. The smallest absolute Gasteiger partial charge is 0.0236 e. The van der Waals surface area contributed by atoms with E-state index in [1.165, 1.54) is 31.2 Å². The summed E-state index contributed by atoms with van der Waals surface area (Å²) in [7, 11) is 2.20. The van der Waals surface area contributed by atoms with Crippen LogP contribution in [-0.2, 0) is 19.4 Å². The summed E-state index contributed by atoms with van der Waals surface area (Å²) < 4.78 is 0. The van der Waals surface area contributed by atoms with E-state index in [9.17, 15) is 0 Å². The topological polar surface area (TPSA) is 29.3 Å². The Labute approximate surface area is 118 Å². The van der Waals surface area contributed by atoms with Crippen molar-refractivity contribution in [3.8, 4) is 0 Å². The molecule has 0 spiro atoms. The first-order chi connectivity index (χ1) is 9.03. The summed E-state index contributed by atoms with van der Waals surface area (Å²) in [5, 5.41) is 0. The lowest BCUT2D eigenvalue weighted by Gasteiger charge is -2.35. The number of rotatable bonds is 5. The summed E-state index contributed by atoms with van der Waals surface area (Å²) in [4.78, 5) is 2.42. The Hall–Kier alpha value is -0.860. The Morgan fingerprint density at radius 2 is 1.84 bits per heavy atom. The Morgan fingerprint density at radius 3 is 2.53 bits per heavy atom. The largest absolute Gasteiger partial charge is 0.330 e. The third kappa shape index (κ3) is 3.58. The summed E-state index contributed by atoms with van der Waals surface area (Å²) in [5.74, 6) is 0. The van der Waals surface area contributed by atoms with Gasteiger partial charge in [0, 0.05) is 12.1 Å². The fourth-order valence-corrected chi connectivity index (χ4v) is 2.92. The molecule has 0 saturated heterocycles. The van der Waals surface area contributed by atoms with E-state index in [0.717, 1.165) is 19.5 Å². The maximum Gasteiger partial charge on any atom is 0.0236 e. The van der Waals surface area contributed by atoms with Crippen molar-refractivity contribution in [2.45, 2.75) is 58.0 Å². The molecule has 0 heterocycles. The van der Waals surface area contributed by atoms with Gasteiger partial charge in [-0.25, -0.2) is 0 Å². The molecule has 2 heteroatoms. The van der Waals surface area contributed by atoms with Crippen molar-refractivity contribution in [1.82, 2.24) is 4.90 Å². The summed E-state index contributed by atoms with van der Waals surface area (Å²) >= 11 is 0. The van der Waals surface area contributed by atoms with Crippen molar-refractivity contribution < 1.29 is 0 Å². The Balaban J connectivity index is 2.07. The molecule has 2 nitrogen and oxygen atoms in total. The lowest BCUT2D eigenvalue weighted by molar-refractivity contribution is 0.140. The molecule has 2 rings (SSSR count). The highest BCUT2D eigenvalue weighted by Gasteiger charge is 2.22. The zero-order valence-electron chi connectivity index (χ0n) is 12.7. The number of hydrogen-bond acceptors (Lipinski definition) is 2. The Kier molecular flexibility index (Phi) is 4.64. The van der Waals surface area contributed by atoms with E-state index in [4.69, 9.17) is 5.73 Å². The molecule has 1 aliphatic rings. The molecule has 0 fully saturated rings. The zero-order valence-corrected chi connectivity index (χ0v) is 12.7. The van der Waals surface area contributed by atoms with Crippen molar-refractivity contribution in [2.24, 2.45) is 5.73 Å². The van der Waals surface area contributed by atoms with E-state index in [0.29, 0.717) is 0 Å². The van der Waals surface area contributed by atoms with Crippen LogP contribution in [0.2, 0.25) is 0 Å². The predicted octanol–water partition coefficient (Wildman–Crippen LogP) is 3.12. The molecule has 0 radical (unpaired) electrons. The van der Waals surface area contributed by atoms with E-state index in [1.54, 1.807) is 11.1 Å². The first kappa shape index (κ1) is 14.5. The highest BCUT2D eigenvalue weighted by molar-refractivity contribution is 5.33. The minimum atomic E-state index is 0.171. The van der Waals surface area contributed by atoms with Gasteiger partial charge in [-0.15, -0.1) is 0 Å². The monoisotopic (exact) mass is 260 g/mol. The molecule has 1 aromatic rings. The highest BCUT2D eigenvalue weighted by Crippen LogP contribution is 2.24. The van der Waals surface area contributed by atoms with Crippen molar-refractivity contribution in [2.75, 3.05) is 13.6 Å². The van der Waals surface area contributed by atoms with Gasteiger partial charge in [-0.1, -0.05) is 18.2 Å². The number of fused-ring (bicyclic) bond motifs is 1. The molecule has 2 N–H and O–H groups in total. The van der Waals surface area contributed by atoms with Crippen molar-refractivity contribution in [1.29, 1.82) is 0 Å². The van der Waals surface area contributed by atoms with Crippen molar-refractivity contribution in [3.63, 3.8) is 0 Å². The molecule has 0 aromatic heterocycles. The van der Waals surface area contributed by atoms with Crippen LogP contribution in [0.25, 0.3) is 0 Å². The molecular weight excluding hydrogens is 232 g/mol. The number of aryl methyl sites for hydroxylation is 2. The summed E-state index contributed by atoms with van der Waals surface area (Å²) in [5.41, 5.74) is 10.5. The standard InChI is InChI=1S/C17H28N2/c1-17(2,10-11-18)19(3)13-14-8-9-15-6-4-5-7-16(15)12-14/h8-9,12H,4-7,10-11,13,18H2,1-3H3. The number of nitrogens with two attached hydrogens (primary N) is 1. The molecule has 0 atom stereocenters. The predicted molar refractivity (Wildman–Crippen MR) is 82.3 cm³/mol. The zero-order chi connectivity index (χ0) is 13.9. The van der Waals surface area contributed by atoms with E-state index in [2.05, 4.69) is 44.0 Å². The molecular formula is C17H28N2. The average molecular weight is 260 g/mol. The van der Waals surface area contributed by atoms with E-state index in [1.807, 2.05) is 0 Å². The molecule has 106 valence electrons. The van der Waals surface area contributed by atoms with E-state index < -0.39 is 0 Å². The van der Waals surface area contributed by atoms with Gasteiger partial charge in [0.25, 0.3) is 0 Å². The second-order valence-corrected chi connectivity index (χ2v) is 6.52. The molecule has 19 heavy (non-hydrogen) atoms. The van der Waals surface area contributed by atoms with Gasteiger partial charge >= 0.3 is 0 Å². The Morgan fingerprint density at radius 1 is 1.16 bits per heavy atom. The van der Waals surface area contributed by atoms with Gasteiger partial charge < -0.3 is 5.73 Å². The molecule has 1 aromatic carbocycles. The van der Waals surface area contributed by atoms with Crippen LogP contribution in [0, 0.1) is 0 Å². The van der Waals surface area contributed by atoms with Gasteiger partial charge in [0.2, 0.25) is 0 Å². The quantitative estimate of drug-likeness (QED) is 0.881. The van der Waals surface area contributed by atoms with Crippen LogP contribution in [-0.4, -0.2) is 24.0 Å². The van der Waals surface area contributed by atoms with Gasteiger partial charge in [0.05, 0.1) is 0 Å². The van der Waals surface area contributed by atoms with Crippen LogP contribution in [0.4, 0.5) is 0 Å². The normalized spacial score (nSPS) is 15.6. The van der Waals surface area contributed by atoms with Crippen molar-refractivity contribution >= 4 is 0 Å². The molecule has 0 amide bonds.